The number of aliphatic hydroxyl groups is 1. The van der Waals surface area contributed by atoms with Crippen LogP contribution in [0.25, 0.3) is 6.08 Å². The molecule has 1 aliphatic rings. The van der Waals surface area contributed by atoms with Gasteiger partial charge in [-0.1, -0.05) is 69.3 Å². The molecule has 0 bridgehead atoms. The minimum absolute atomic E-state index is 0.153. The fraction of sp³-hybridized carbons (Fsp3) is 0.211. The maximum atomic E-state index is 11.7. The van der Waals surface area contributed by atoms with Crippen LogP contribution < -0.4 is 0 Å². The molecule has 0 spiro atoms. The number of hydrogen-bond acceptors (Lipinski definition) is 2. The van der Waals surface area contributed by atoms with Crippen LogP contribution in [0.15, 0.2) is 71.5 Å². The normalized spacial score (nSPS) is 18.0. The molecule has 1 N–H and O–H groups in total. The third-order valence-electron chi connectivity index (χ3n) is 3.30. The molecule has 0 unspecified atom stereocenters. The summed E-state index contributed by atoms with van der Waals surface area (Å²) < 4.78 is 0. The van der Waals surface area contributed by atoms with Gasteiger partial charge in [0.05, 0.1) is 0 Å². The zero-order valence-electron chi connectivity index (χ0n) is 12.6. The Morgan fingerprint density at radius 2 is 1.71 bits per heavy atom. The van der Waals surface area contributed by atoms with Crippen molar-refractivity contribution in [2.45, 2.75) is 20.8 Å². The van der Waals surface area contributed by atoms with E-state index in [1.165, 1.54) is 12.2 Å². The number of benzene rings is 1. The molecule has 0 amide bonds. The van der Waals surface area contributed by atoms with Crippen LogP contribution in [0.4, 0.5) is 0 Å². The lowest BCUT2D eigenvalue weighted by Gasteiger charge is -2.26. The Kier molecular flexibility index (Phi) is 4.27. The van der Waals surface area contributed by atoms with Crippen LogP contribution >= 0.6 is 0 Å². The number of hydrogen-bond donors (Lipinski definition) is 1. The molecule has 1 aliphatic carbocycles. The van der Waals surface area contributed by atoms with Crippen LogP contribution in [0, 0.1) is 5.41 Å². The van der Waals surface area contributed by atoms with Crippen molar-refractivity contribution in [1.29, 1.82) is 0 Å². The number of ketones is 1. The first-order valence-corrected chi connectivity index (χ1v) is 6.99. The van der Waals surface area contributed by atoms with Gasteiger partial charge in [-0.25, -0.2) is 0 Å². The molecule has 2 heteroatoms. The van der Waals surface area contributed by atoms with E-state index >= 15 is 0 Å². The van der Waals surface area contributed by atoms with Crippen molar-refractivity contribution in [1.82, 2.24) is 0 Å². The van der Waals surface area contributed by atoms with E-state index < -0.39 is 0 Å². The van der Waals surface area contributed by atoms with Crippen molar-refractivity contribution >= 4 is 11.9 Å². The average Bonchev–Trinajstić information content (AvgIpc) is 2.42. The van der Waals surface area contributed by atoms with Gasteiger partial charge in [-0.15, -0.1) is 0 Å². The number of allylic oxidation sites excluding steroid dienone is 6. The van der Waals surface area contributed by atoms with Gasteiger partial charge in [0.15, 0.2) is 5.76 Å². The van der Waals surface area contributed by atoms with E-state index in [-0.39, 0.29) is 17.0 Å². The first-order chi connectivity index (χ1) is 9.88. The third-order valence-corrected chi connectivity index (χ3v) is 3.30. The highest BCUT2D eigenvalue weighted by Crippen LogP contribution is 2.34. The molecule has 0 aliphatic heterocycles. The van der Waals surface area contributed by atoms with Gasteiger partial charge in [-0.05, 0) is 34.3 Å². The summed E-state index contributed by atoms with van der Waals surface area (Å²) in [7, 11) is 0. The number of rotatable bonds is 2. The van der Waals surface area contributed by atoms with Gasteiger partial charge in [-0.2, -0.15) is 0 Å². The second-order valence-electron chi connectivity index (χ2n) is 6.09. The van der Waals surface area contributed by atoms with Crippen LogP contribution in [0.2, 0.25) is 0 Å². The summed E-state index contributed by atoms with van der Waals surface area (Å²) in [5, 5.41) is 9.65. The van der Waals surface area contributed by atoms with Crippen LogP contribution in [0.5, 0.6) is 0 Å². The molecular weight excluding hydrogens is 260 g/mol. The number of carbonyl (C=O) groups excluding carboxylic acids is 1. The van der Waals surface area contributed by atoms with E-state index in [4.69, 9.17) is 0 Å². The maximum Gasteiger partial charge on any atom is 0.220 e. The molecule has 108 valence electrons. The van der Waals surface area contributed by atoms with E-state index in [1.54, 1.807) is 0 Å². The highest BCUT2D eigenvalue weighted by atomic mass is 16.3. The quantitative estimate of drug-likeness (QED) is 0.858. The molecular formula is C19H20O2. The third kappa shape index (κ3) is 3.82. The number of carbonyl (C=O) groups is 1. The highest BCUT2D eigenvalue weighted by Gasteiger charge is 2.25. The zero-order chi connectivity index (χ0) is 15.5. The van der Waals surface area contributed by atoms with E-state index in [0.29, 0.717) is 0 Å². The van der Waals surface area contributed by atoms with Gasteiger partial charge in [-0.3, -0.25) is 4.79 Å². The largest absolute Gasteiger partial charge is 0.504 e. The number of aliphatic hydroxyl groups excluding tert-OH is 1. The Hall–Kier alpha value is -2.35. The van der Waals surface area contributed by atoms with Crippen molar-refractivity contribution < 1.29 is 9.90 Å². The maximum absolute atomic E-state index is 11.7. The van der Waals surface area contributed by atoms with Gasteiger partial charge in [0.2, 0.25) is 5.78 Å². The second-order valence-corrected chi connectivity index (χ2v) is 6.09. The van der Waals surface area contributed by atoms with Crippen LogP contribution in [-0.2, 0) is 4.79 Å². The van der Waals surface area contributed by atoms with Crippen LogP contribution in [0.3, 0.4) is 0 Å². The summed E-state index contributed by atoms with van der Waals surface area (Å²) in [6.07, 6.45) is 8.92. The predicted molar refractivity (Wildman–Crippen MR) is 86.8 cm³/mol. The van der Waals surface area contributed by atoms with Crippen molar-refractivity contribution in [3.8, 4) is 0 Å². The first-order valence-electron chi connectivity index (χ1n) is 6.99. The summed E-state index contributed by atoms with van der Waals surface area (Å²) >= 11 is 0. The second kappa shape index (κ2) is 5.96. The van der Waals surface area contributed by atoms with E-state index in [2.05, 4.69) is 20.8 Å². The molecule has 0 saturated carbocycles. The molecule has 1 aromatic rings. The summed E-state index contributed by atoms with van der Waals surface area (Å²) in [6.45, 7) is 6.16. The van der Waals surface area contributed by atoms with Crippen molar-refractivity contribution in [3.63, 3.8) is 0 Å². The van der Waals surface area contributed by atoms with Gasteiger partial charge < -0.3 is 5.11 Å². The average molecular weight is 280 g/mol. The van der Waals surface area contributed by atoms with Crippen LogP contribution in [0.1, 0.15) is 26.3 Å². The smallest absolute Gasteiger partial charge is 0.220 e. The summed E-state index contributed by atoms with van der Waals surface area (Å²) in [6, 6.07) is 9.99. The SMILES string of the molecule is CC(C)(C)C1=CC(=O)C(O)=CC1=CC=Cc1ccccc1. The molecule has 0 saturated heterocycles. The molecule has 0 aromatic heterocycles. The summed E-state index contributed by atoms with van der Waals surface area (Å²) in [5.41, 5.74) is 2.75. The molecule has 1 aromatic carbocycles. The van der Waals surface area contributed by atoms with E-state index in [1.807, 2.05) is 48.6 Å². The molecule has 2 rings (SSSR count). The zero-order valence-corrected chi connectivity index (χ0v) is 12.6. The molecule has 21 heavy (non-hydrogen) atoms. The highest BCUT2D eigenvalue weighted by molar-refractivity contribution is 6.05. The minimum atomic E-state index is -0.330. The fourth-order valence-corrected chi connectivity index (χ4v) is 2.20. The minimum Gasteiger partial charge on any atom is -0.504 e. The Labute approximate surface area is 125 Å². The Morgan fingerprint density at radius 1 is 1.05 bits per heavy atom. The predicted octanol–water partition coefficient (Wildman–Crippen LogP) is 4.62. The monoisotopic (exact) mass is 280 g/mol. The van der Waals surface area contributed by atoms with Crippen molar-refractivity contribution in [2.75, 3.05) is 0 Å². The molecule has 0 heterocycles. The Bertz CT molecular complexity index is 651. The fourth-order valence-electron chi connectivity index (χ4n) is 2.20. The lowest BCUT2D eigenvalue weighted by Crippen LogP contribution is -2.17. The lowest BCUT2D eigenvalue weighted by atomic mass is 9.78. The topological polar surface area (TPSA) is 37.3 Å². The van der Waals surface area contributed by atoms with Gasteiger partial charge in [0.1, 0.15) is 0 Å². The lowest BCUT2D eigenvalue weighted by molar-refractivity contribution is -0.113. The van der Waals surface area contributed by atoms with Gasteiger partial charge in [0.25, 0.3) is 0 Å². The van der Waals surface area contributed by atoms with Gasteiger partial charge in [0, 0.05) is 0 Å². The van der Waals surface area contributed by atoms with Gasteiger partial charge >= 0.3 is 0 Å². The first kappa shape index (κ1) is 15.0. The summed E-state index contributed by atoms with van der Waals surface area (Å²) in [5.74, 6) is -0.536. The summed E-state index contributed by atoms with van der Waals surface area (Å²) in [4.78, 5) is 11.7. The molecule has 0 radical (unpaired) electrons. The van der Waals surface area contributed by atoms with Crippen molar-refractivity contribution in [3.05, 3.63) is 77.1 Å². The Balaban J connectivity index is 2.31. The van der Waals surface area contributed by atoms with Crippen LogP contribution in [-0.4, -0.2) is 10.9 Å². The molecule has 2 nitrogen and oxygen atoms in total. The molecule has 0 fully saturated rings. The standard InChI is InChI=1S/C19H20O2/c1-19(2,3)16-13-18(21)17(20)12-15(16)11-7-10-14-8-5-4-6-9-14/h4-13,20H,1-3H3. The Morgan fingerprint density at radius 3 is 2.33 bits per heavy atom. The van der Waals surface area contributed by atoms with E-state index in [0.717, 1.165) is 16.7 Å². The van der Waals surface area contributed by atoms with E-state index in [9.17, 15) is 9.90 Å². The van der Waals surface area contributed by atoms with Crippen molar-refractivity contribution in [2.24, 2.45) is 5.41 Å². The molecule has 0 atom stereocenters.